The number of hydrogen-bond acceptors (Lipinski definition) is 2. The maximum absolute atomic E-state index is 10.6. The third kappa shape index (κ3) is 3.10. The standard InChI is InChI=1S/C17H16BrClO2/c1-10-2-3-14(19)9-15(10)16(20)8-12-7-13(18)6-11-4-5-21-17(11)12/h2-3,6-7,9,16,20H,4-5,8H2,1H3. The van der Waals surface area contributed by atoms with Crippen molar-refractivity contribution in [3.8, 4) is 5.75 Å². The molecule has 0 aromatic heterocycles. The second kappa shape index (κ2) is 5.99. The van der Waals surface area contributed by atoms with Gasteiger partial charge in [-0.25, -0.2) is 0 Å². The lowest BCUT2D eigenvalue weighted by Crippen LogP contribution is -2.05. The highest BCUT2D eigenvalue weighted by molar-refractivity contribution is 9.10. The van der Waals surface area contributed by atoms with Crippen molar-refractivity contribution in [3.05, 3.63) is 62.1 Å². The minimum atomic E-state index is -0.591. The van der Waals surface area contributed by atoms with Crippen molar-refractivity contribution in [1.29, 1.82) is 0 Å². The average Bonchev–Trinajstić information content (AvgIpc) is 2.89. The van der Waals surface area contributed by atoms with Crippen molar-refractivity contribution in [3.63, 3.8) is 0 Å². The summed E-state index contributed by atoms with van der Waals surface area (Å²) < 4.78 is 6.74. The van der Waals surface area contributed by atoms with Crippen molar-refractivity contribution in [2.75, 3.05) is 6.61 Å². The van der Waals surface area contributed by atoms with Crippen LogP contribution in [0.5, 0.6) is 5.75 Å². The number of ether oxygens (including phenoxy) is 1. The predicted octanol–water partition coefficient (Wildman–Crippen LogP) is 4.62. The molecule has 3 rings (SSSR count). The van der Waals surface area contributed by atoms with E-state index in [1.54, 1.807) is 0 Å². The van der Waals surface area contributed by atoms with E-state index in [4.69, 9.17) is 16.3 Å². The van der Waals surface area contributed by atoms with E-state index in [0.29, 0.717) is 18.1 Å². The van der Waals surface area contributed by atoms with Gasteiger partial charge in [-0.15, -0.1) is 0 Å². The molecular weight excluding hydrogens is 352 g/mol. The van der Waals surface area contributed by atoms with Gasteiger partial charge in [0.25, 0.3) is 0 Å². The highest BCUT2D eigenvalue weighted by Gasteiger charge is 2.20. The molecule has 0 amide bonds. The Morgan fingerprint density at radius 2 is 2.14 bits per heavy atom. The first-order chi connectivity index (χ1) is 10.0. The van der Waals surface area contributed by atoms with Gasteiger partial charge in [-0.3, -0.25) is 0 Å². The van der Waals surface area contributed by atoms with Crippen LogP contribution in [0.4, 0.5) is 0 Å². The van der Waals surface area contributed by atoms with Gasteiger partial charge in [0.15, 0.2) is 0 Å². The second-order valence-electron chi connectivity index (χ2n) is 5.37. The number of aliphatic hydroxyl groups excluding tert-OH is 1. The molecule has 1 heterocycles. The fourth-order valence-electron chi connectivity index (χ4n) is 2.79. The Morgan fingerprint density at radius 1 is 1.33 bits per heavy atom. The highest BCUT2D eigenvalue weighted by Crippen LogP contribution is 2.36. The molecule has 0 spiro atoms. The third-order valence-corrected chi connectivity index (χ3v) is 4.53. The van der Waals surface area contributed by atoms with Crippen LogP contribution < -0.4 is 4.74 Å². The smallest absolute Gasteiger partial charge is 0.125 e. The lowest BCUT2D eigenvalue weighted by atomic mass is 9.96. The fourth-order valence-corrected chi connectivity index (χ4v) is 3.52. The first-order valence-corrected chi connectivity index (χ1v) is 8.10. The molecule has 2 aromatic rings. The van der Waals surface area contributed by atoms with Crippen LogP contribution in [0.25, 0.3) is 0 Å². The third-order valence-electron chi connectivity index (χ3n) is 3.84. The molecule has 1 unspecified atom stereocenters. The van der Waals surface area contributed by atoms with E-state index in [9.17, 15) is 5.11 Å². The summed E-state index contributed by atoms with van der Waals surface area (Å²) in [5, 5.41) is 11.2. The Balaban J connectivity index is 1.92. The van der Waals surface area contributed by atoms with Crippen molar-refractivity contribution in [1.82, 2.24) is 0 Å². The molecule has 0 fully saturated rings. The summed E-state index contributed by atoms with van der Waals surface area (Å²) in [6.07, 6.45) is 0.850. The summed E-state index contributed by atoms with van der Waals surface area (Å²) in [6.45, 7) is 2.70. The van der Waals surface area contributed by atoms with Gasteiger partial charge in [0.05, 0.1) is 12.7 Å². The number of benzene rings is 2. The molecule has 1 atom stereocenters. The molecule has 0 saturated heterocycles. The predicted molar refractivity (Wildman–Crippen MR) is 88.2 cm³/mol. The number of aryl methyl sites for hydroxylation is 1. The summed E-state index contributed by atoms with van der Waals surface area (Å²) in [5.41, 5.74) is 4.15. The molecule has 0 bridgehead atoms. The van der Waals surface area contributed by atoms with Gasteiger partial charge in [0.2, 0.25) is 0 Å². The van der Waals surface area contributed by atoms with E-state index in [0.717, 1.165) is 33.3 Å². The van der Waals surface area contributed by atoms with Crippen LogP contribution in [0.1, 0.15) is 28.4 Å². The van der Waals surface area contributed by atoms with E-state index < -0.39 is 6.10 Å². The summed E-state index contributed by atoms with van der Waals surface area (Å²) in [4.78, 5) is 0. The number of hydrogen-bond donors (Lipinski definition) is 1. The van der Waals surface area contributed by atoms with Gasteiger partial charge in [0.1, 0.15) is 5.75 Å². The molecule has 2 nitrogen and oxygen atoms in total. The molecule has 110 valence electrons. The van der Waals surface area contributed by atoms with Crippen LogP contribution >= 0.6 is 27.5 Å². The Bertz CT molecular complexity index is 685. The molecule has 21 heavy (non-hydrogen) atoms. The number of rotatable bonds is 3. The zero-order valence-electron chi connectivity index (χ0n) is 11.7. The number of halogens is 2. The van der Waals surface area contributed by atoms with Gasteiger partial charge in [-0.05, 0) is 53.4 Å². The SMILES string of the molecule is Cc1ccc(Cl)cc1C(O)Cc1cc(Br)cc2c1OCC2. The van der Waals surface area contributed by atoms with Gasteiger partial charge in [-0.2, -0.15) is 0 Å². The number of fused-ring (bicyclic) bond motifs is 1. The molecule has 1 aliphatic rings. The Labute approximate surface area is 137 Å². The van der Waals surface area contributed by atoms with Gasteiger partial charge >= 0.3 is 0 Å². The van der Waals surface area contributed by atoms with Crippen LogP contribution in [0.3, 0.4) is 0 Å². The Kier molecular flexibility index (Phi) is 4.25. The molecule has 0 radical (unpaired) electrons. The topological polar surface area (TPSA) is 29.5 Å². The Hall–Kier alpha value is -1.03. The monoisotopic (exact) mass is 366 g/mol. The van der Waals surface area contributed by atoms with Gasteiger partial charge in [0, 0.05) is 22.3 Å². The summed E-state index contributed by atoms with van der Waals surface area (Å²) in [5.74, 6) is 0.928. The molecule has 0 aliphatic carbocycles. The van der Waals surface area contributed by atoms with E-state index in [1.165, 1.54) is 5.56 Å². The van der Waals surface area contributed by atoms with Crippen LogP contribution in [0, 0.1) is 6.92 Å². The van der Waals surface area contributed by atoms with E-state index >= 15 is 0 Å². The van der Waals surface area contributed by atoms with Crippen molar-refractivity contribution >= 4 is 27.5 Å². The van der Waals surface area contributed by atoms with Gasteiger partial charge < -0.3 is 9.84 Å². The van der Waals surface area contributed by atoms with E-state index in [2.05, 4.69) is 22.0 Å². The minimum absolute atomic E-state index is 0.517. The summed E-state index contributed by atoms with van der Waals surface area (Å²) >= 11 is 9.57. The zero-order valence-corrected chi connectivity index (χ0v) is 14.0. The van der Waals surface area contributed by atoms with Crippen molar-refractivity contribution in [2.24, 2.45) is 0 Å². The number of aliphatic hydroxyl groups is 1. The Morgan fingerprint density at radius 3 is 2.95 bits per heavy atom. The van der Waals surface area contributed by atoms with Crippen molar-refractivity contribution < 1.29 is 9.84 Å². The normalized spacial score (nSPS) is 14.7. The lowest BCUT2D eigenvalue weighted by Gasteiger charge is -2.16. The summed E-state index contributed by atoms with van der Waals surface area (Å²) in [7, 11) is 0. The molecule has 1 N–H and O–H groups in total. The quantitative estimate of drug-likeness (QED) is 0.857. The molecule has 0 saturated carbocycles. The summed E-state index contributed by atoms with van der Waals surface area (Å²) in [6, 6.07) is 9.71. The second-order valence-corrected chi connectivity index (χ2v) is 6.72. The van der Waals surface area contributed by atoms with E-state index in [1.807, 2.05) is 31.2 Å². The van der Waals surface area contributed by atoms with Crippen LogP contribution in [0.2, 0.25) is 5.02 Å². The molecule has 2 aromatic carbocycles. The zero-order chi connectivity index (χ0) is 15.0. The van der Waals surface area contributed by atoms with Crippen LogP contribution in [0.15, 0.2) is 34.8 Å². The molecular formula is C17H16BrClO2. The average molecular weight is 368 g/mol. The fraction of sp³-hybridized carbons (Fsp3) is 0.294. The molecule has 1 aliphatic heterocycles. The van der Waals surface area contributed by atoms with E-state index in [-0.39, 0.29) is 0 Å². The maximum Gasteiger partial charge on any atom is 0.125 e. The minimum Gasteiger partial charge on any atom is -0.493 e. The van der Waals surface area contributed by atoms with Gasteiger partial charge in [-0.1, -0.05) is 33.6 Å². The van der Waals surface area contributed by atoms with Crippen LogP contribution in [-0.2, 0) is 12.8 Å². The van der Waals surface area contributed by atoms with Crippen LogP contribution in [-0.4, -0.2) is 11.7 Å². The first kappa shape index (κ1) is 14.9. The first-order valence-electron chi connectivity index (χ1n) is 6.93. The molecule has 4 heteroatoms. The maximum atomic E-state index is 10.6. The highest BCUT2D eigenvalue weighted by atomic mass is 79.9. The largest absolute Gasteiger partial charge is 0.493 e. The lowest BCUT2D eigenvalue weighted by molar-refractivity contribution is 0.176. The van der Waals surface area contributed by atoms with Crippen molar-refractivity contribution in [2.45, 2.75) is 25.9 Å².